The molecule has 172 valence electrons. The van der Waals surface area contributed by atoms with E-state index in [1.54, 1.807) is 42.9 Å². The van der Waals surface area contributed by atoms with Gasteiger partial charge in [0, 0.05) is 19.3 Å². The number of rotatable bonds is 7. The van der Waals surface area contributed by atoms with Crippen molar-refractivity contribution >= 4 is 23.7 Å². The second-order valence-electron chi connectivity index (χ2n) is 7.32. The molecule has 0 atom stereocenters. The summed E-state index contributed by atoms with van der Waals surface area (Å²) in [5.74, 6) is -1.87. The number of para-hydroxylation sites is 1. The first-order valence-corrected chi connectivity index (χ1v) is 10.1. The van der Waals surface area contributed by atoms with Gasteiger partial charge in [-0.3, -0.25) is 24.0 Å². The fourth-order valence-electron chi connectivity index (χ4n) is 3.57. The van der Waals surface area contributed by atoms with Gasteiger partial charge in [-0.2, -0.15) is 0 Å². The van der Waals surface area contributed by atoms with Crippen molar-refractivity contribution in [2.24, 2.45) is 12.8 Å². The second-order valence-corrected chi connectivity index (χ2v) is 7.32. The Labute approximate surface area is 193 Å². The standard InChI is InChI=1S/C24H20FN5O4/c1-15-22(24(33)30(28(15)2)16-7-4-3-5-8-16)29(14-31)17-10-11-19(18(25)13-17)34-20-9-6-12-27-21(20)23(26)32/h3-14H,1-2H3,(H2,26,32). The summed E-state index contributed by atoms with van der Waals surface area (Å²) < 4.78 is 23.5. The summed E-state index contributed by atoms with van der Waals surface area (Å²) in [6.07, 6.45) is 1.81. The van der Waals surface area contributed by atoms with Gasteiger partial charge in [0.2, 0.25) is 6.41 Å². The number of hydrogen-bond acceptors (Lipinski definition) is 5. The fraction of sp³-hybridized carbons (Fsp3) is 0.0833. The van der Waals surface area contributed by atoms with E-state index in [1.807, 2.05) is 6.07 Å². The lowest BCUT2D eigenvalue weighted by Crippen LogP contribution is -2.25. The van der Waals surface area contributed by atoms with Crippen LogP contribution in [0.4, 0.5) is 15.8 Å². The van der Waals surface area contributed by atoms with Crippen LogP contribution in [0.5, 0.6) is 11.5 Å². The third-order valence-corrected chi connectivity index (χ3v) is 5.29. The van der Waals surface area contributed by atoms with Crippen LogP contribution in [0.15, 0.2) is 71.7 Å². The molecule has 0 bridgehead atoms. The van der Waals surface area contributed by atoms with E-state index in [0.29, 0.717) is 17.8 Å². The number of nitrogens with two attached hydrogens (primary N) is 1. The van der Waals surface area contributed by atoms with Gasteiger partial charge in [0.1, 0.15) is 5.69 Å². The van der Waals surface area contributed by atoms with Crippen molar-refractivity contribution in [2.45, 2.75) is 6.92 Å². The highest BCUT2D eigenvalue weighted by Crippen LogP contribution is 2.32. The minimum atomic E-state index is -0.825. The van der Waals surface area contributed by atoms with Gasteiger partial charge in [0.05, 0.1) is 17.1 Å². The van der Waals surface area contributed by atoms with Gasteiger partial charge in [-0.25, -0.2) is 14.1 Å². The zero-order valence-corrected chi connectivity index (χ0v) is 18.3. The number of carbonyl (C=O) groups is 2. The Bertz CT molecular complexity index is 1450. The third-order valence-electron chi connectivity index (χ3n) is 5.29. The Morgan fingerprint density at radius 2 is 1.85 bits per heavy atom. The number of pyridine rings is 1. The van der Waals surface area contributed by atoms with Crippen LogP contribution in [-0.2, 0) is 11.8 Å². The summed E-state index contributed by atoms with van der Waals surface area (Å²) >= 11 is 0. The van der Waals surface area contributed by atoms with Crippen LogP contribution in [0.1, 0.15) is 16.2 Å². The zero-order chi connectivity index (χ0) is 24.4. The molecular formula is C24H20FN5O4. The molecule has 4 aromatic rings. The molecule has 0 fully saturated rings. The molecule has 2 heterocycles. The highest BCUT2D eigenvalue weighted by Gasteiger charge is 2.24. The van der Waals surface area contributed by atoms with Crippen LogP contribution < -0.4 is 20.9 Å². The van der Waals surface area contributed by atoms with E-state index in [1.165, 1.54) is 35.1 Å². The van der Waals surface area contributed by atoms with E-state index in [4.69, 9.17) is 10.5 Å². The average Bonchev–Trinajstić information content (AvgIpc) is 3.05. The molecule has 0 spiro atoms. The Kier molecular flexibility index (Phi) is 5.96. The zero-order valence-electron chi connectivity index (χ0n) is 18.3. The average molecular weight is 461 g/mol. The first kappa shape index (κ1) is 22.5. The Morgan fingerprint density at radius 1 is 1.12 bits per heavy atom. The van der Waals surface area contributed by atoms with E-state index in [2.05, 4.69) is 4.98 Å². The number of anilines is 2. The number of nitrogens with zero attached hydrogens (tertiary/aromatic N) is 4. The van der Waals surface area contributed by atoms with Crippen molar-refractivity contribution in [3.05, 3.63) is 94.4 Å². The lowest BCUT2D eigenvalue weighted by molar-refractivity contribution is -0.106. The lowest BCUT2D eigenvalue weighted by Gasteiger charge is -2.17. The highest BCUT2D eigenvalue weighted by molar-refractivity contribution is 5.93. The van der Waals surface area contributed by atoms with E-state index in [0.717, 1.165) is 11.0 Å². The molecule has 34 heavy (non-hydrogen) atoms. The summed E-state index contributed by atoms with van der Waals surface area (Å²) in [6.45, 7) is 1.69. The van der Waals surface area contributed by atoms with Crippen LogP contribution in [-0.4, -0.2) is 26.7 Å². The summed E-state index contributed by atoms with van der Waals surface area (Å²) in [5.41, 5.74) is 6.01. The molecule has 0 saturated heterocycles. The Morgan fingerprint density at radius 3 is 2.50 bits per heavy atom. The largest absolute Gasteiger partial charge is 0.452 e. The van der Waals surface area contributed by atoms with Gasteiger partial charge < -0.3 is 10.5 Å². The number of primary amides is 1. The molecule has 0 aliphatic rings. The number of carbonyl (C=O) groups excluding carboxylic acids is 2. The molecule has 0 unspecified atom stereocenters. The van der Waals surface area contributed by atoms with Crippen molar-refractivity contribution in [1.82, 2.24) is 14.3 Å². The second kappa shape index (κ2) is 9.02. The summed E-state index contributed by atoms with van der Waals surface area (Å²) in [4.78, 5) is 41.7. The highest BCUT2D eigenvalue weighted by atomic mass is 19.1. The van der Waals surface area contributed by atoms with Crippen molar-refractivity contribution in [3.63, 3.8) is 0 Å². The summed E-state index contributed by atoms with van der Waals surface area (Å²) in [6, 6.07) is 15.6. The summed E-state index contributed by atoms with van der Waals surface area (Å²) in [5, 5.41) is 0. The minimum Gasteiger partial charge on any atom is -0.452 e. The molecule has 2 aromatic carbocycles. The molecule has 0 saturated carbocycles. The van der Waals surface area contributed by atoms with Crippen LogP contribution in [0.3, 0.4) is 0 Å². The molecule has 0 aliphatic heterocycles. The lowest BCUT2D eigenvalue weighted by atomic mass is 10.2. The third kappa shape index (κ3) is 3.92. The minimum absolute atomic E-state index is 0.0152. The van der Waals surface area contributed by atoms with Gasteiger partial charge >= 0.3 is 0 Å². The number of ether oxygens (including phenoxy) is 1. The Balaban J connectivity index is 1.73. The molecule has 0 aliphatic carbocycles. The van der Waals surface area contributed by atoms with Crippen LogP contribution >= 0.6 is 0 Å². The molecule has 2 amide bonds. The predicted octanol–water partition coefficient (Wildman–Crippen LogP) is 3.20. The van der Waals surface area contributed by atoms with E-state index in [-0.39, 0.29) is 28.6 Å². The maximum atomic E-state index is 14.9. The van der Waals surface area contributed by atoms with Crippen LogP contribution in [0, 0.1) is 12.7 Å². The van der Waals surface area contributed by atoms with E-state index < -0.39 is 17.3 Å². The van der Waals surface area contributed by atoms with Crippen LogP contribution in [0.2, 0.25) is 0 Å². The van der Waals surface area contributed by atoms with Crippen molar-refractivity contribution in [2.75, 3.05) is 4.90 Å². The normalized spacial score (nSPS) is 10.7. The van der Waals surface area contributed by atoms with Gasteiger partial charge in [0.15, 0.2) is 23.0 Å². The number of benzene rings is 2. The fourth-order valence-corrected chi connectivity index (χ4v) is 3.57. The van der Waals surface area contributed by atoms with Crippen molar-refractivity contribution in [3.8, 4) is 17.2 Å². The number of amides is 2. The molecule has 0 radical (unpaired) electrons. The quantitative estimate of drug-likeness (QED) is 0.425. The molecule has 2 N–H and O–H groups in total. The molecule has 9 nitrogen and oxygen atoms in total. The van der Waals surface area contributed by atoms with Crippen molar-refractivity contribution in [1.29, 1.82) is 0 Å². The summed E-state index contributed by atoms with van der Waals surface area (Å²) in [7, 11) is 1.69. The smallest absolute Gasteiger partial charge is 0.296 e. The topological polar surface area (TPSA) is 112 Å². The van der Waals surface area contributed by atoms with Crippen LogP contribution in [0.25, 0.3) is 5.69 Å². The Hall–Kier alpha value is -4.73. The van der Waals surface area contributed by atoms with E-state index in [9.17, 15) is 18.8 Å². The first-order valence-electron chi connectivity index (χ1n) is 10.1. The molecular weight excluding hydrogens is 441 g/mol. The predicted molar refractivity (Wildman–Crippen MR) is 123 cm³/mol. The maximum absolute atomic E-state index is 14.9. The molecule has 2 aromatic heterocycles. The van der Waals surface area contributed by atoms with Gasteiger partial charge in [-0.05, 0) is 43.3 Å². The number of halogens is 1. The SMILES string of the molecule is Cc1c(N(C=O)c2ccc(Oc3cccnc3C(N)=O)c(F)c2)c(=O)n(-c2ccccc2)n1C. The monoisotopic (exact) mass is 461 g/mol. The number of hydrogen-bond donors (Lipinski definition) is 1. The first-order chi connectivity index (χ1) is 16.3. The van der Waals surface area contributed by atoms with Gasteiger partial charge in [0.25, 0.3) is 11.5 Å². The molecule has 10 heteroatoms. The van der Waals surface area contributed by atoms with E-state index >= 15 is 0 Å². The van der Waals surface area contributed by atoms with Gasteiger partial charge in [-0.15, -0.1) is 0 Å². The van der Waals surface area contributed by atoms with Gasteiger partial charge in [-0.1, -0.05) is 18.2 Å². The van der Waals surface area contributed by atoms with Crippen molar-refractivity contribution < 1.29 is 18.7 Å². The maximum Gasteiger partial charge on any atom is 0.296 e. The molecule has 4 rings (SSSR count). The number of aromatic nitrogens is 3.